The third-order valence-corrected chi connectivity index (χ3v) is 8.65. The average molecular weight is 499 g/mol. The molecule has 0 amide bonds. The number of nitrogens with one attached hydrogen (secondary N) is 1. The highest BCUT2D eigenvalue weighted by Gasteiger charge is 2.33. The summed E-state index contributed by atoms with van der Waals surface area (Å²) in [5.41, 5.74) is 7.31. The Morgan fingerprint density at radius 2 is 1.91 bits per heavy atom. The van der Waals surface area contributed by atoms with Crippen LogP contribution in [-0.2, 0) is 22.0 Å². The van der Waals surface area contributed by atoms with Gasteiger partial charge in [0.05, 0.1) is 10.8 Å². The predicted octanol–water partition coefficient (Wildman–Crippen LogP) is 3.79. The maximum atomic E-state index is 12.8. The topological polar surface area (TPSA) is 127 Å². The molecule has 0 aliphatic heterocycles. The Labute approximate surface area is 207 Å². The van der Waals surface area contributed by atoms with E-state index in [0.29, 0.717) is 35.5 Å². The van der Waals surface area contributed by atoms with Crippen LogP contribution in [0.5, 0.6) is 0 Å². The van der Waals surface area contributed by atoms with Crippen LogP contribution in [0.3, 0.4) is 0 Å². The van der Waals surface area contributed by atoms with Crippen LogP contribution in [0.2, 0.25) is 0 Å². The molecule has 35 heavy (non-hydrogen) atoms. The van der Waals surface area contributed by atoms with Crippen LogP contribution in [0, 0.1) is 11.8 Å². The lowest BCUT2D eigenvalue weighted by atomic mass is 9.94. The molecule has 3 atom stereocenters. The van der Waals surface area contributed by atoms with Crippen LogP contribution in [0.4, 0.5) is 11.6 Å². The Balaban J connectivity index is 1.66. The van der Waals surface area contributed by atoms with Gasteiger partial charge in [0.15, 0.2) is 0 Å². The lowest BCUT2D eigenvalue weighted by Gasteiger charge is -2.22. The van der Waals surface area contributed by atoms with E-state index in [1.165, 1.54) is 17.8 Å². The Morgan fingerprint density at radius 1 is 1.23 bits per heavy atom. The second-order valence-corrected chi connectivity index (χ2v) is 12.5. The zero-order valence-corrected chi connectivity index (χ0v) is 21.7. The van der Waals surface area contributed by atoms with Crippen LogP contribution < -0.4 is 15.4 Å². The van der Waals surface area contributed by atoms with E-state index in [4.69, 9.17) is 10.2 Å². The van der Waals surface area contributed by atoms with Gasteiger partial charge < -0.3 is 15.5 Å². The first-order chi connectivity index (χ1) is 16.5. The zero-order valence-electron chi connectivity index (χ0n) is 20.9. The molecule has 1 saturated carbocycles. The van der Waals surface area contributed by atoms with E-state index in [2.05, 4.69) is 27.4 Å². The number of benzene rings is 1. The molecule has 0 spiro atoms. The van der Waals surface area contributed by atoms with Gasteiger partial charge in [0, 0.05) is 19.2 Å². The van der Waals surface area contributed by atoms with Gasteiger partial charge in [-0.3, -0.25) is 4.31 Å². The number of nitrogens with zero attached hydrogens (tertiary/aromatic N) is 4. The van der Waals surface area contributed by atoms with Crippen LogP contribution in [-0.4, -0.2) is 42.4 Å². The Bertz CT molecular complexity index is 1270. The van der Waals surface area contributed by atoms with Crippen molar-refractivity contribution in [3.63, 3.8) is 0 Å². The Hall–Kier alpha value is -2.98. The van der Waals surface area contributed by atoms with Gasteiger partial charge >= 0.3 is 0 Å². The van der Waals surface area contributed by atoms with E-state index >= 15 is 0 Å². The summed E-state index contributed by atoms with van der Waals surface area (Å²) in [5.74, 6) is 2.67. The predicted molar refractivity (Wildman–Crippen MR) is 137 cm³/mol. The maximum absolute atomic E-state index is 12.8. The highest BCUT2D eigenvalue weighted by atomic mass is 32.2. The second kappa shape index (κ2) is 9.58. The van der Waals surface area contributed by atoms with Crippen molar-refractivity contribution in [1.82, 2.24) is 15.2 Å². The molecule has 10 heteroatoms. The first kappa shape index (κ1) is 25.1. The quantitative estimate of drug-likeness (QED) is 0.432. The molecule has 4 rings (SSSR count). The smallest absolute Gasteiger partial charge is 0.248 e. The summed E-state index contributed by atoms with van der Waals surface area (Å²) in [7, 11) is -2.07. The number of anilines is 2. The molecule has 1 aromatic carbocycles. The standard InChI is InChI=1S/C25H34N6O3S/c1-16(2)35(32,33)31(5)22-13-19(12-21(28-22)27-15-20-11-17(20)3)23-29-30-24(34-23)25(4,26)14-18-9-7-6-8-10-18/h6-10,12-13,16-17,20H,11,14-15,26H2,1-5H3,(H,27,28). The summed E-state index contributed by atoms with van der Waals surface area (Å²) in [5, 5.41) is 11.2. The minimum absolute atomic E-state index is 0.256. The van der Waals surface area contributed by atoms with Gasteiger partial charge in [-0.15, -0.1) is 10.2 Å². The largest absolute Gasteiger partial charge is 0.419 e. The van der Waals surface area contributed by atoms with Crippen molar-refractivity contribution in [3.05, 3.63) is 53.9 Å². The summed E-state index contributed by atoms with van der Waals surface area (Å²) in [6.45, 7) is 8.11. The van der Waals surface area contributed by atoms with Crippen molar-refractivity contribution in [2.24, 2.45) is 17.6 Å². The first-order valence-corrected chi connectivity index (χ1v) is 13.4. The molecule has 2 aromatic heterocycles. The number of hydrogen-bond acceptors (Lipinski definition) is 8. The summed E-state index contributed by atoms with van der Waals surface area (Å²) < 4.78 is 32.8. The molecule has 9 nitrogen and oxygen atoms in total. The SMILES string of the molecule is CC1CC1CNc1cc(-c2nnc(C(C)(N)Cc3ccccc3)o2)cc(N(C)S(=O)(=O)C(C)C)n1. The summed E-state index contributed by atoms with van der Waals surface area (Å²) >= 11 is 0. The minimum Gasteiger partial charge on any atom is -0.419 e. The van der Waals surface area contributed by atoms with Crippen LogP contribution in [0.15, 0.2) is 46.9 Å². The summed E-state index contributed by atoms with van der Waals surface area (Å²) in [6, 6.07) is 13.3. The monoisotopic (exact) mass is 498 g/mol. The van der Waals surface area contributed by atoms with Crippen molar-refractivity contribution >= 4 is 21.7 Å². The summed E-state index contributed by atoms with van der Waals surface area (Å²) in [6.07, 6.45) is 1.70. The highest BCUT2D eigenvalue weighted by molar-refractivity contribution is 7.93. The molecule has 0 radical (unpaired) electrons. The number of nitrogens with two attached hydrogens (primary N) is 1. The molecule has 3 N–H and O–H groups in total. The fourth-order valence-corrected chi connectivity index (χ4v) is 4.91. The van der Waals surface area contributed by atoms with E-state index in [0.717, 1.165) is 12.1 Å². The van der Waals surface area contributed by atoms with Gasteiger partial charge in [-0.2, -0.15) is 0 Å². The number of rotatable bonds is 10. The third kappa shape index (κ3) is 5.65. The molecule has 3 unspecified atom stereocenters. The minimum atomic E-state index is -3.57. The lowest BCUT2D eigenvalue weighted by Crippen LogP contribution is -2.35. The molecule has 0 bridgehead atoms. The lowest BCUT2D eigenvalue weighted by molar-refractivity contribution is 0.355. The van der Waals surface area contributed by atoms with Gasteiger partial charge in [0.1, 0.15) is 11.6 Å². The highest BCUT2D eigenvalue weighted by Crippen LogP contribution is 2.38. The molecule has 1 aliphatic rings. The van der Waals surface area contributed by atoms with Crippen molar-refractivity contribution < 1.29 is 12.8 Å². The number of aromatic nitrogens is 3. The molecular formula is C25H34N6O3S. The van der Waals surface area contributed by atoms with Crippen LogP contribution >= 0.6 is 0 Å². The van der Waals surface area contributed by atoms with E-state index in [1.807, 2.05) is 37.3 Å². The van der Waals surface area contributed by atoms with Gasteiger partial charge in [-0.05, 0) is 63.1 Å². The van der Waals surface area contributed by atoms with Crippen molar-refractivity contribution in [2.75, 3.05) is 23.2 Å². The fraction of sp³-hybridized carbons (Fsp3) is 0.480. The molecule has 3 aromatic rings. The van der Waals surface area contributed by atoms with Crippen molar-refractivity contribution in [3.8, 4) is 11.5 Å². The van der Waals surface area contributed by atoms with E-state index in [1.54, 1.807) is 26.0 Å². The molecule has 188 valence electrons. The fourth-order valence-electron chi connectivity index (χ4n) is 3.92. The van der Waals surface area contributed by atoms with Crippen LogP contribution in [0.25, 0.3) is 11.5 Å². The van der Waals surface area contributed by atoms with Crippen molar-refractivity contribution in [1.29, 1.82) is 0 Å². The van der Waals surface area contributed by atoms with E-state index in [9.17, 15) is 8.42 Å². The number of hydrogen-bond donors (Lipinski definition) is 2. The molecular weight excluding hydrogens is 464 g/mol. The maximum Gasteiger partial charge on any atom is 0.248 e. The third-order valence-electron chi connectivity index (χ3n) is 6.51. The summed E-state index contributed by atoms with van der Waals surface area (Å²) in [4.78, 5) is 4.56. The first-order valence-electron chi connectivity index (χ1n) is 11.9. The van der Waals surface area contributed by atoms with Gasteiger partial charge in [0.2, 0.25) is 21.8 Å². The zero-order chi connectivity index (χ0) is 25.4. The van der Waals surface area contributed by atoms with E-state index < -0.39 is 20.8 Å². The van der Waals surface area contributed by atoms with E-state index in [-0.39, 0.29) is 11.7 Å². The molecule has 1 fully saturated rings. The van der Waals surface area contributed by atoms with Gasteiger partial charge in [-0.25, -0.2) is 13.4 Å². The van der Waals surface area contributed by atoms with Crippen molar-refractivity contribution in [2.45, 2.75) is 51.3 Å². The molecule has 1 aliphatic carbocycles. The Kier molecular flexibility index (Phi) is 6.88. The average Bonchev–Trinajstić information content (AvgIpc) is 3.29. The second-order valence-electron chi connectivity index (χ2n) is 10.0. The Morgan fingerprint density at radius 3 is 2.54 bits per heavy atom. The molecule has 0 saturated heterocycles. The van der Waals surface area contributed by atoms with Gasteiger partial charge in [0.25, 0.3) is 0 Å². The van der Waals surface area contributed by atoms with Gasteiger partial charge in [-0.1, -0.05) is 37.3 Å². The normalized spacial score (nSPS) is 19.4. The molecule has 2 heterocycles. The number of pyridine rings is 1. The number of sulfonamides is 1. The van der Waals surface area contributed by atoms with Crippen LogP contribution in [0.1, 0.15) is 45.6 Å².